The molecule has 2 heterocycles. The number of nitrogens with zero attached hydrogens (tertiary/aromatic N) is 2. The van der Waals surface area contributed by atoms with Crippen molar-refractivity contribution in [2.45, 2.75) is 6.92 Å². The predicted octanol–water partition coefficient (Wildman–Crippen LogP) is 5.27. The second-order valence-corrected chi connectivity index (χ2v) is 8.02. The smallest absolute Gasteiger partial charge is 0.250 e. The van der Waals surface area contributed by atoms with Crippen LogP contribution in [-0.4, -0.2) is 21.7 Å². The first-order valence-corrected chi connectivity index (χ1v) is 10.2. The van der Waals surface area contributed by atoms with Gasteiger partial charge in [-0.2, -0.15) is 0 Å². The van der Waals surface area contributed by atoms with Gasteiger partial charge in [-0.25, -0.2) is 9.97 Å². The van der Waals surface area contributed by atoms with E-state index in [4.69, 9.17) is 0 Å². The third-order valence-corrected chi connectivity index (χ3v) is 5.99. The Morgan fingerprint density at radius 1 is 0.964 bits per heavy atom. The van der Waals surface area contributed by atoms with Gasteiger partial charge < -0.3 is 0 Å². The summed E-state index contributed by atoms with van der Waals surface area (Å²) in [7, 11) is 0. The second-order valence-electron chi connectivity index (χ2n) is 5.96. The van der Waals surface area contributed by atoms with Crippen LogP contribution in [0.4, 0.5) is 5.13 Å². The Morgan fingerprint density at radius 3 is 2.46 bits per heavy atom. The molecule has 138 valence electrons. The fraction of sp³-hybridized carbons (Fsp3) is 0.0476. The number of carbonyl (C=O) groups is 2. The van der Waals surface area contributed by atoms with Crippen LogP contribution in [0.25, 0.3) is 27.6 Å². The normalized spacial score (nSPS) is 11.2. The lowest BCUT2D eigenvalue weighted by Crippen LogP contribution is -2.07. The van der Waals surface area contributed by atoms with Crippen molar-refractivity contribution < 1.29 is 9.59 Å². The molecule has 0 spiro atoms. The van der Waals surface area contributed by atoms with Crippen molar-refractivity contribution in [3.8, 4) is 11.3 Å². The molecule has 0 bridgehead atoms. The Kier molecular flexibility index (Phi) is 5.10. The average Bonchev–Trinajstić information content (AvgIpc) is 3.31. The van der Waals surface area contributed by atoms with E-state index in [-0.39, 0.29) is 11.7 Å². The molecule has 0 unspecified atom stereocenters. The molecule has 7 heteroatoms. The molecule has 5 nitrogen and oxygen atoms in total. The Balaban J connectivity index is 1.53. The zero-order valence-electron chi connectivity index (χ0n) is 14.9. The van der Waals surface area contributed by atoms with Gasteiger partial charge in [-0.3, -0.25) is 14.9 Å². The topological polar surface area (TPSA) is 72.0 Å². The van der Waals surface area contributed by atoms with E-state index in [9.17, 15) is 9.59 Å². The molecule has 0 fully saturated rings. The molecule has 1 N–H and O–H groups in total. The van der Waals surface area contributed by atoms with Crippen LogP contribution < -0.4 is 5.32 Å². The van der Waals surface area contributed by atoms with Crippen molar-refractivity contribution in [3.63, 3.8) is 0 Å². The molecule has 0 aliphatic heterocycles. The van der Waals surface area contributed by atoms with Crippen molar-refractivity contribution in [2.75, 3.05) is 5.32 Å². The van der Waals surface area contributed by atoms with E-state index in [1.165, 1.54) is 35.7 Å². The number of thiazole rings is 2. The van der Waals surface area contributed by atoms with Crippen LogP contribution in [0.1, 0.15) is 21.6 Å². The Hall–Kier alpha value is -3.16. The van der Waals surface area contributed by atoms with Crippen molar-refractivity contribution in [1.82, 2.24) is 9.97 Å². The minimum atomic E-state index is -0.317. The van der Waals surface area contributed by atoms with Crippen LogP contribution in [0.2, 0.25) is 0 Å². The number of carbonyl (C=O) groups excluding carboxylic acids is 2. The zero-order chi connectivity index (χ0) is 19.5. The molecule has 0 atom stereocenters. The summed E-state index contributed by atoms with van der Waals surface area (Å²) in [5.74, 6) is -0.399. The number of fused-ring (bicyclic) bond motifs is 1. The second kappa shape index (κ2) is 7.84. The van der Waals surface area contributed by atoms with E-state index < -0.39 is 0 Å². The molecule has 1 amide bonds. The minimum Gasteiger partial charge on any atom is -0.298 e. The number of benzene rings is 2. The van der Waals surface area contributed by atoms with Crippen molar-refractivity contribution in [3.05, 3.63) is 70.6 Å². The first-order valence-electron chi connectivity index (χ1n) is 8.52. The number of Topliss-reactive ketones (excluding diaryl/α,β-unsaturated/α-hetero) is 1. The van der Waals surface area contributed by atoms with Crippen LogP contribution in [0.5, 0.6) is 0 Å². The summed E-state index contributed by atoms with van der Waals surface area (Å²) in [5, 5.41) is 3.88. The van der Waals surface area contributed by atoms with Crippen LogP contribution in [0, 0.1) is 0 Å². The fourth-order valence-electron chi connectivity index (χ4n) is 2.66. The number of para-hydroxylation sites is 1. The number of ketones is 1. The quantitative estimate of drug-likeness (QED) is 0.362. The zero-order valence-corrected chi connectivity index (χ0v) is 16.5. The Morgan fingerprint density at radius 2 is 1.71 bits per heavy atom. The largest absolute Gasteiger partial charge is 0.298 e. The summed E-state index contributed by atoms with van der Waals surface area (Å²) >= 11 is 2.69. The Bertz CT molecular complexity index is 1160. The molecular formula is C21H15N3O2S2. The lowest BCUT2D eigenvalue weighted by molar-refractivity contribution is -0.111. The summed E-state index contributed by atoms with van der Waals surface area (Å²) < 4.78 is 1.07. The minimum absolute atomic E-state index is 0.0816. The molecule has 0 aliphatic carbocycles. The van der Waals surface area contributed by atoms with Crippen LogP contribution in [0.3, 0.4) is 0 Å². The lowest BCUT2D eigenvalue weighted by atomic mass is 10.1. The molecule has 0 aliphatic rings. The van der Waals surface area contributed by atoms with Crippen LogP contribution in [-0.2, 0) is 4.79 Å². The van der Waals surface area contributed by atoms with E-state index >= 15 is 0 Å². The molecule has 0 radical (unpaired) electrons. The molecule has 4 rings (SSSR count). The lowest BCUT2D eigenvalue weighted by Gasteiger charge is -1.98. The molecule has 4 aromatic rings. The van der Waals surface area contributed by atoms with Gasteiger partial charge in [0.05, 0.1) is 20.8 Å². The third kappa shape index (κ3) is 3.90. The molecular weight excluding hydrogens is 390 g/mol. The third-order valence-electron chi connectivity index (χ3n) is 3.91. The summed E-state index contributed by atoms with van der Waals surface area (Å²) in [4.78, 5) is 33.7. The Labute approximate surface area is 169 Å². The fourth-order valence-corrected chi connectivity index (χ4v) is 4.42. The number of nitrogens with one attached hydrogen (secondary N) is 1. The van der Waals surface area contributed by atoms with Gasteiger partial charge in [-0.1, -0.05) is 53.8 Å². The highest BCUT2D eigenvalue weighted by Crippen LogP contribution is 2.31. The summed E-state index contributed by atoms with van der Waals surface area (Å²) in [5.41, 5.74) is 2.34. The van der Waals surface area contributed by atoms with E-state index in [0.717, 1.165) is 20.8 Å². The molecule has 2 aromatic heterocycles. The number of hydrogen-bond acceptors (Lipinski definition) is 6. The summed E-state index contributed by atoms with van der Waals surface area (Å²) in [6, 6.07) is 17.3. The monoisotopic (exact) mass is 405 g/mol. The van der Waals surface area contributed by atoms with E-state index in [1.54, 1.807) is 6.08 Å². The number of amides is 1. The molecule has 0 saturated carbocycles. The van der Waals surface area contributed by atoms with E-state index in [0.29, 0.717) is 15.7 Å². The van der Waals surface area contributed by atoms with E-state index in [2.05, 4.69) is 15.3 Å². The van der Waals surface area contributed by atoms with Gasteiger partial charge in [0.1, 0.15) is 5.01 Å². The maximum Gasteiger partial charge on any atom is 0.250 e. The maximum atomic E-state index is 12.3. The van der Waals surface area contributed by atoms with Gasteiger partial charge in [0.2, 0.25) is 5.91 Å². The van der Waals surface area contributed by atoms with Gasteiger partial charge in [-0.15, -0.1) is 11.3 Å². The van der Waals surface area contributed by atoms with Crippen LogP contribution >= 0.6 is 22.7 Å². The standard InChI is InChI=1S/C21H15N3O2S2/c1-13(25)20-19(14-7-3-2-4-8-14)24-21(28-20)23-17(26)11-12-18-22-15-9-5-6-10-16(15)27-18/h2-12H,1H3,(H,23,24,26). The van der Waals surface area contributed by atoms with E-state index in [1.807, 2.05) is 54.6 Å². The predicted molar refractivity (Wildman–Crippen MR) is 115 cm³/mol. The van der Waals surface area contributed by atoms with Gasteiger partial charge >= 0.3 is 0 Å². The first kappa shape index (κ1) is 18.2. The molecule has 0 saturated heterocycles. The number of hydrogen-bond donors (Lipinski definition) is 1. The number of aromatic nitrogens is 2. The number of rotatable bonds is 5. The highest BCUT2D eigenvalue weighted by molar-refractivity contribution is 7.19. The summed E-state index contributed by atoms with van der Waals surface area (Å²) in [6.07, 6.45) is 3.10. The van der Waals surface area contributed by atoms with Gasteiger partial charge in [0, 0.05) is 18.6 Å². The van der Waals surface area contributed by atoms with Crippen LogP contribution in [0.15, 0.2) is 60.7 Å². The van der Waals surface area contributed by atoms with Gasteiger partial charge in [0.15, 0.2) is 10.9 Å². The molecule has 28 heavy (non-hydrogen) atoms. The average molecular weight is 406 g/mol. The maximum absolute atomic E-state index is 12.3. The number of anilines is 1. The highest BCUT2D eigenvalue weighted by atomic mass is 32.1. The van der Waals surface area contributed by atoms with Gasteiger partial charge in [0.25, 0.3) is 0 Å². The van der Waals surface area contributed by atoms with Gasteiger partial charge in [-0.05, 0) is 18.2 Å². The van der Waals surface area contributed by atoms with Crippen molar-refractivity contribution >= 4 is 55.8 Å². The first-order chi connectivity index (χ1) is 13.6. The van der Waals surface area contributed by atoms with Crippen molar-refractivity contribution in [1.29, 1.82) is 0 Å². The summed E-state index contributed by atoms with van der Waals surface area (Å²) in [6.45, 7) is 1.50. The van der Waals surface area contributed by atoms with Crippen molar-refractivity contribution in [2.24, 2.45) is 0 Å². The SMILES string of the molecule is CC(=O)c1sc(NC(=O)C=Cc2nc3ccccc3s2)nc1-c1ccccc1. The molecule has 2 aromatic carbocycles. The highest BCUT2D eigenvalue weighted by Gasteiger charge is 2.17.